The maximum atomic E-state index is 12.5. The number of nitrogens with one attached hydrogen (secondary N) is 1. The van der Waals surface area contributed by atoms with Gasteiger partial charge in [-0.2, -0.15) is 0 Å². The molecule has 0 aliphatic rings. The maximum absolute atomic E-state index is 12.5. The number of nitrogens with zero attached hydrogens (tertiary/aromatic N) is 1. The Morgan fingerprint density at radius 1 is 1.21 bits per heavy atom. The van der Waals surface area contributed by atoms with Crippen LogP contribution in [0, 0.1) is 0 Å². The van der Waals surface area contributed by atoms with Gasteiger partial charge >= 0.3 is 0 Å². The number of ether oxygens (including phenoxy) is 3. The molecule has 0 aliphatic carbocycles. The molecule has 0 bridgehead atoms. The van der Waals surface area contributed by atoms with Crippen LogP contribution in [0.5, 0.6) is 17.4 Å². The molecule has 0 saturated carbocycles. The fraction of sp³-hybridized carbons (Fsp3) is 0.222. The molecule has 1 aromatic heterocycles. The van der Waals surface area contributed by atoms with Crippen LogP contribution in [0.3, 0.4) is 0 Å². The van der Waals surface area contributed by atoms with E-state index in [1.165, 1.54) is 20.4 Å². The molecule has 1 amide bonds. The summed E-state index contributed by atoms with van der Waals surface area (Å²) >= 11 is 0. The quantitative estimate of drug-likeness (QED) is 0.791. The van der Waals surface area contributed by atoms with E-state index in [2.05, 4.69) is 16.9 Å². The first-order valence-corrected chi connectivity index (χ1v) is 7.30. The molecule has 0 atom stereocenters. The van der Waals surface area contributed by atoms with E-state index in [1.54, 1.807) is 37.5 Å². The van der Waals surface area contributed by atoms with Crippen molar-refractivity contribution in [1.29, 1.82) is 0 Å². The van der Waals surface area contributed by atoms with Crippen LogP contribution in [0.1, 0.15) is 15.9 Å². The fourth-order valence-electron chi connectivity index (χ4n) is 2.26. The van der Waals surface area contributed by atoms with Crippen LogP contribution in [-0.4, -0.2) is 32.2 Å². The van der Waals surface area contributed by atoms with Crippen molar-refractivity contribution in [3.8, 4) is 17.4 Å². The molecule has 0 saturated heterocycles. The van der Waals surface area contributed by atoms with Gasteiger partial charge in [0.05, 0.1) is 33.2 Å². The molecule has 0 radical (unpaired) electrons. The normalized spacial score (nSPS) is 9.96. The minimum absolute atomic E-state index is 0.270. The van der Waals surface area contributed by atoms with E-state index in [9.17, 15) is 4.79 Å². The summed E-state index contributed by atoms with van der Waals surface area (Å²) in [5.41, 5.74) is 1.85. The van der Waals surface area contributed by atoms with Gasteiger partial charge in [0, 0.05) is 17.2 Å². The third kappa shape index (κ3) is 3.84. The minimum Gasteiger partial charge on any atom is -0.493 e. The van der Waals surface area contributed by atoms with Crippen LogP contribution in [0.2, 0.25) is 0 Å². The molecule has 0 fully saturated rings. The first-order chi connectivity index (χ1) is 11.6. The topological polar surface area (TPSA) is 69.7 Å². The Morgan fingerprint density at radius 2 is 2.00 bits per heavy atom. The number of hydrogen-bond donors (Lipinski definition) is 1. The van der Waals surface area contributed by atoms with E-state index in [1.807, 2.05) is 0 Å². The van der Waals surface area contributed by atoms with Crippen molar-refractivity contribution in [2.75, 3.05) is 26.6 Å². The van der Waals surface area contributed by atoms with Gasteiger partial charge in [-0.1, -0.05) is 6.08 Å². The molecular weight excluding hydrogens is 308 g/mol. The highest BCUT2D eigenvalue weighted by molar-refractivity contribution is 6.04. The number of carbonyl (C=O) groups is 1. The van der Waals surface area contributed by atoms with Crippen LogP contribution in [0.15, 0.2) is 43.1 Å². The van der Waals surface area contributed by atoms with Gasteiger partial charge in [-0.05, 0) is 24.6 Å². The highest BCUT2D eigenvalue weighted by Gasteiger charge is 2.16. The Hall–Kier alpha value is -3.02. The second kappa shape index (κ2) is 8.01. The lowest BCUT2D eigenvalue weighted by Crippen LogP contribution is -2.13. The second-order valence-corrected chi connectivity index (χ2v) is 4.91. The lowest BCUT2D eigenvalue weighted by Gasteiger charge is -2.14. The lowest BCUT2D eigenvalue weighted by atomic mass is 10.0. The molecule has 6 heteroatoms. The zero-order valence-electron chi connectivity index (χ0n) is 14.0. The van der Waals surface area contributed by atoms with Crippen molar-refractivity contribution in [1.82, 2.24) is 4.98 Å². The summed E-state index contributed by atoms with van der Waals surface area (Å²) in [6.45, 7) is 3.73. The Balaban J connectivity index is 2.30. The molecule has 2 rings (SSSR count). The highest BCUT2D eigenvalue weighted by Crippen LogP contribution is 2.33. The van der Waals surface area contributed by atoms with Crippen LogP contribution < -0.4 is 19.5 Å². The van der Waals surface area contributed by atoms with Crippen molar-refractivity contribution in [3.63, 3.8) is 0 Å². The second-order valence-electron chi connectivity index (χ2n) is 4.91. The van der Waals surface area contributed by atoms with Crippen LogP contribution in [-0.2, 0) is 6.42 Å². The molecule has 0 spiro atoms. The van der Waals surface area contributed by atoms with Gasteiger partial charge in [0.25, 0.3) is 5.91 Å². The van der Waals surface area contributed by atoms with E-state index in [0.29, 0.717) is 35.1 Å². The summed E-state index contributed by atoms with van der Waals surface area (Å²) in [7, 11) is 4.63. The van der Waals surface area contributed by atoms with Crippen molar-refractivity contribution < 1.29 is 19.0 Å². The molecule has 6 nitrogen and oxygen atoms in total. The number of pyridine rings is 1. The number of rotatable bonds is 7. The zero-order valence-corrected chi connectivity index (χ0v) is 14.0. The summed E-state index contributed by atoms with van der Waals surface area (Å²) in [5.74, 6) is 1.30. The summed E-state index contributed by atoms with van der Waals surface area (Å²) < 4.78 is 15.7. The lowest BCUT2D eigenvalue weighted by molar-refractivity contribution is 0.102. The fourth-order valence-corrected chi connectivity index (χ4v) is 2.26. The summed E-state index contributed by atoms with van der Waals surface area (Å²) in [6, 6.07) is 6.79. The molecule has 0 unspecified atom stereocenters. The number of allylic oxidation sites excluding steroid dienone is 1. The first-order valence-electron chi connectivity index (χ1n) is 7.30. The van der Waals surface area contributed by atoms with Crippen molar-refractivity contribution in [3.05, 3.63) is 54.2 Å². The largest absolute Gasteiger partial charge is 0.493 e. The van der Waals surface area contributed by atoms with Gasteiger partial charge in [-0.15, -0.1) is 6.58 Å². The monoisotopic (exact) mass is 328 g/mol. The first kappa shape index (κ1) is 17.3. The van der Waals surface area contributed by atoms with Gasteiger partial charge < -0.3 is 19.5 Å². The average molecular weight is 328 g/mol. The molecule has 1 aromatic carbocycles. The SMILES string of the molecule is C=CCc1cc(C(=O)Nc2ccc(OC)nc2)cc(OC)c1OC. The maximum Gasteiger partial charge on any atom is 0.255 e. The van der Waals surface area contributed by atoms with Gasteiger partial charge in [0.1, 0.15) is 0 Å². The Kier molecular flexibility index (Phi) is 5.78. The Bertz CT molecular complexity index is 727. The summed E-state index contributed by atoms with van der Waals surface area (Å²) in [4.78, 5) is 16.6. The summed E-state index contributed by atoms with van der Waals surface area (Å²) in [6.07, 6.45) is 3.83. The van der Waals surface area contributed by atoms with Crippen LogP contribution in [0.4, 0.5) is 5.69 Å². The predicted octanol–water partition coefficient (Wildman–Crippen LogP) is 3.09. The molecule has 1 heterocycles. The molecular formula is C18H20N2O4. The molecule has 24 heavy (non-hydrogen) atoms. The standard InChI is InChI=1S/C18H20N2O4/c1-5-6-12-9-13(10-15(22-2)17(12)24-4)18(21)20-14-7-8-16(23-3)19-11-14/h5,7-11H,1,6H2,2-4H3,(H,20,21). The third-order valence-corrected chi connectivity index (χ3v) is 3.39. The highest BCUT2D eigenvalue weighted by atomic mass is 16.5. The molecule has 1 N–H and O–H groups in total. The van der Waals surface area contributed by atoms with Crippen molar-refractivity contribution in [2.24, 2.45) is 0 Å². The van der Waals surface area contributed by atoms with E-state index >= 15 is 0 Å². The zero-order chi connectivity index (χ0) is 17.5. The van der Waals surface area contributed by atoms with Gasteiger partial charge in [-0.25, -0.2) is 4.98 Å². The van der Waals surface area contributed by atoms with E-state index < -0.39 is 0 Å². The van der Waals surface area contributed by atoms with E-state index in [4.69, 9.17) is 14.2 Å². The van der Waals surface area contributed by atoms with Gasteiger partial charge in [0.2, 0.25) is 5.88 Å². The smallest absolute Gasteiger partial charge is 0.255 e. The van der Waals surface area contributed by atoms with Gasteiger partial charge in [-0.3, -0.25) is 4.79 Å². The molecule has 126 valence electrons. The number of hydrogen-bond acceptors (Lipinski definition) is 5. The summed E-state index contributed by atoms with van der Waals surface area (Å²) in [5, 5.41) is 2.79. The molecule has 0 aliphatic heterocycles. The average Bonchev–Trinajstić information content (AvgIpc) is 2.61. The van der Waals surface area contributed by atoms with Gasteiger partial charge in [0.15, 0.2) is 11.5 Å². The molecule has 2 aromatic rings. The number of amides is 1. The number of aromatic nitrogens is 1. The van der Waals surface area contributed by atoms with E-state index in [0.717, 1.165) is 5.56 Å². The van der Waals surface area contributed by atoms with Crippen LogP contribution >= 0.6 is 0 Å². The number of methoxy groups -OCH3 is 3. The van der Waals surface area contributed by atoms with Crippen molar-refractivity contribution in [2.45, 2.75) is 6.42 Å². The Labute approximate surface area is 141 Å². The third-order valence-electron chi connectivity index (χ3n) is 3.39. The number of benzene rings is 1. The Morgan fingerprint density at radius 3 is 2.54 bits per heavy atom. The van der Waals surface area contributed by atoms with Crippen molar-refractivity contribution >= 4 is 11.6 Å². The number of carbonyl (C=O) groups excluding carboxylic acids is 1. The predicted molar refractivity (Wildman–Crippen MR) is 92.2 cm³/mol. The minimum atomic E-state index is -0.270. The van der Waals surface area contributed by atoms with E-state index in [-0.39, 0.29) is 5.91 Å². The van der Waals surface area contributed by atoms with Crippen LogP contribution in [0.25, 0.3) is 0 Å². The number of anilines is 1.